The van der Waals surface area contributed by atoms with E-state index in [1.54, 1.807) is 19.2 Å². The fourth-order valence-electron chi connectivity index (χ4n) is 5.44. The molecule has 3 aromatic carbocycles. The number of fused-ring (bicyclic) bond motifs is 2. The van der Waals surface area contributed by atoms with Gasteiger partial charge in [-0.25, -0.2) is 0 Å². The van der Waals surface area contributed by atoms with E-state index in [1.165, 1.54) is 0 Å². The maximum absolute atomic E-state index is 13.5. The number of rotatable bonds is 13. The molecule has 42 heavy (non-hydrogen) atoms. The minimum Gasteiger partial charge on any atom is -0.354 e. The number of hydrogen-bond acceptors (Lipinski definition) is 4. The third kappa shape index (κ3) is 6.92. The summed E-state index contributed by atoms with van der Waals surface area (Å²) in [6.45, 7) is 2.01. The molecule has 5 aromatic rings. The molecule has 7 heteroatoms. The number of unbranched alkanes of at least 4 members (excludes halogenated alkanes) is 2. The van der Waals surface area contributed by atoms with Crippen LogP contribution in [-0.2, 0) is 16.0 Å². The van der Waals surface area contributed by atoms with Crippen LogP contribution in [0.4, 0.5) is 0 Å². The average Bonchev–Trinajstić information content (AvgIpc) is 3.38. The first-order valence-corrected chi connectivity index (χ1v) is 14.6. The van der Waals surface area contributed by atoms with Crippen LogP contribution in [0.25, 0.3) is 33.1 Å². The molecule has 7 nitrogen and oxygen atoms in total. The maximum Gasteiger partial charge on any atom is 0.254 e. The second-order valence-electron chi connectivity index (χ2n) is 10.6. The van der Waals surface area contributed by atoms with E-state index >= 15 is 0 Å². The zero-order valence-corrected chi connectivity index (χ0v) is 23.9. The van der Waals surface area contributed by atoms with Crippen molar-refractivity contribution in [2.75, 3.05) is 6.54 Å². The summed E-state index contributed by atoms with van der Waals surface area (Å²) in [5, 5.41) is 8.04. The largest absolute Gasteiger partial charge is 0.354 e. The molecule has 214 valence electrons. The van der Waals surface area contributed by atoms with E-state index in [2.05, 4.69) is 44.9 Å². The number of nitrogens with zero attached hydrogens (tertiary/aromatic N) is 1. The zero-order valence-electron chi connectivity index (χ0n) is 23.9. The topological polar surface area (TPSA) is 104 Å². The summed E-state index contributed by atoms with van der Waals surface area (Å²) < 4.78 is 0. The molecule has 0 aliphatic rings. The fraction of sp³-hybridized carbons (Fsp3) is 0.257. The van der Waals surface area contributed by atoms with Gasteiger partial charge >= 0.3 is 0 Å². The van der Waals surface area contributed by atoms with Crippen LogP contribution in [-0.4, -0.2) is 40.2 Å². The van der Waals surface area contributed by atoms with E-state index in [0.29, 0.717) is 36.9 Å². The monoisotopic (exact) mass is 560 g/mol. The van der Waals surface area contributed by atoms with Crippen molar-refractivity contribution in [3.63, 3.8) is 0 Å². The lowest BCUT2D eigenvalue weighted by Crippen LogP contribution is -2.47. The molecule has 2 amide bonds. The van der Waals surface area contributed by atoms with Crippen LogP contribution >= 0.6 is 0 Å². The van der Waals surface area contributed by atoms with Crippen molar-refractivity contribution in [1.82, 2.24) is 20.6 Å². The molecule has 2 heterocycles. The van der Waals surface area contributed by atoms with Crippen LogP contribution in [0.1, 0.15) is 54.9 Å². The van der Waals surface area contributed by atoms with Gasteiger partial charge in [0.05, 0.1) is 11.1 Å². The summed E-state index contributed by atoms with van der Waals surface area (Å²) in [5.41, 5.74) is 5.37. The van der Waals surface area contributed by atoms with Gasteiger partial charge in [0.1, 0.15) is 11.8 Å². The van der Waals surface area contributed by atoms with Gasteiger partial charge in [-0.2, -0.15) is 0 Å². The van der Waals surface area contributed by atoms with E-state index in [9.17, 15) is 14.4 Å². The molecule has 5 rings (SSSR count). The van der Waals surface area contributed by atoms with Crippen LogP contribution in [0, 0.1) is 0 Å². The molecule has 1 atom stereocenters. The van der Waals surface area contributed by atoms with Crippen molar-refractivity contribution in [3.05, 3.63) is 102 Å². The lowest BCUT2D eigenvalue weighted by molar-refractivity contribution is -0.123. The molecule has 0 fully saturated rings. The molecule has 0 bridgehead atoms. The SMILES string of the molecule is CC(=O)CCCCC[C@H](NC(=O)c1cccc2cccnc12)C(=O)NCCc1c(-c2ccccc2)[nH]c2ccccc12. The number of amides is 2. The molecule has 0 spiro atoms. The van der Waals surface area contributed by atoms with Crippen molar-refractivity contribution in [1.29, 1.82) is 0 Å². The minimum atomic E-state index is -0.703. The first kappa shape index (κ1) is 28.7. The number of carbonyl (C=O) groups is 3. The Morgan fingerprint density at radius 2 is 1.64 bits per heavy atom. The van der Waals surface area contributed by atoms with Crippen molar-refractivity contribution in [3.8, 4) is 11.3 Å². The number of H-pyrrole nitrogens is 1. The van der Waals surface area contributed by atoms with E-state index < -0.39 is 6.04 Å². The third-order valence-corrected chi connectivity index (χ3v) is 7.57. The first-order chi connectivity index (χ1) is 20.5. The second-order valence-corrected chi connectivity index (χ2v) is 10.6. The average molecular weight is 561 g/mol. The highest BCUT2D eigenvalue weighted by Gasteiger charge is 2.23. The Balaban J connectivity index is 1.30. The van der Waals surface area contributed by atoms with Crippen LogP contribution in [0.2, 0.25) is 0 Å². The van der Waals surface area contributed by atoms with Crippen molar-refractivity contribution in [2.24, 2.45) is 0 Å². The van der Waals surface area contributed by atoms with E-state index in [-0.39, 0.29) is 17.6 Å². The molecule has 0 aliphatic heterocycles. The Bertz CT molecular complexity index is 1690. The minimum absolute atomic E-state index is 0.160. The Morgan fingerprint density at radius 3 is 2.48 bits per heavy atom. The number of hydrogen-bond donors (Lipinski definition) is 3. The fourth-order valence-corrected chi connectivity index (χ4v) is 5.44. The maximum atomic E-state index is 13.5. The van der Waals surface area contributed by atoms with Gasteiger partial charge in [-0.1, -0.05) is 79.6 Å². The number of para-hydroxylation sites is 2. The van der Waals surface area contributed by atoms with Gasteiger partial charge < -0.3 is 20.4 Å². The quantitative estimate of drug-likeness (QED) is 0.145. The van der Waals surface area contributed by atoms with Crippen LogP contribution in [0.3, 0.4) is 0 Å². The van der Waals surface area contributed by atoms with E-state index in [4.69, 9.17) is 0 Å². The number of aromatic amines is 1. The highest BCUT2D eigenvalue weighted by atomic mass is 16.2. The second kappa shape index (κ2) is 13.7. The van der Waals surface area contributed by atoms with Gasteiger partial charge in [0.2, 0.25) is 5.91 Å². The number of ketones is 1. The molecule has 0 saturated carbocycles. The number of nitrogens with one attached hydrogen (secondary N) is 3. The molecule has 3 N–H and O–H groups in total. The number of Topliss-reactive ketones (excluding diaryl/α,β-unsaturated/α-hetero) is 1. The summed E-state index contributed by atoms with van der Waals surface area (Å²) in [6.07, 6.45) is 5.60. The standard InChI is InChI=1S/C35H36N4O3/c1-24(40)12-4-2-7-20-31(39-34(41)29-18-10-15-25-16-11-22-36-32(25)29)35(42)37-23-21-28-27-17-8-9-19-30(27)38-33(28)26-13-5-3-6-14-26/h3,5-6,8-11,13-19,22,31,38H,2,4,7,12,20-21,23H2,1H3,(H,37,42)(H,39,41)/t31-/m0/s1. The Labute approximate surface area is 245 Å². The lowest BCUT2D eigenvalue weighted by Gasteiger charge is -2.19. The first-order valence-electron chi connectivity index (χ1n) is 14.6. The van der Waals surface area contributed by atoms with Crippen LogP contribution in [0.5, 0.6) is 0 Å². The summed E-state index contributed by atoms with van der Waals surface area (Å²) in [7, 11) is 0. The summed E-state index contributed by atoms with van der Waals surface area (Å²) in [4.78, 5) is 46.2. The Morgan fingerprint density at radius 1 is 0.857 bits per heavy atom. The van der Waals surface area contributed by atoms with Crippen molar-refractivity contribution in [2.45, 2.75) is 51.5 Å². The molecular formula is C35H36N4O3. The zero-order chi connectivity index (χ0) is 29.3. The third-order valence-electron chi connectivity index (χ3n) is 7.57. The summed E-state index contributed by atoms with van der Waals surface area (Å²) >= 11 is 0. The Hall–Kier alpha value is -4.78. The van der Waals surface area contributed by atoms with Gasteiger partial charge in [-0.3, -0.25) is 14.6 Å². The predicted molar refractivity (Wildman–Crippen MR) is 167 cm³/mol. The molecular weight excluding hydrogens is 524 g/mol. The van der Waals surface area contributed by atoms with Crippen molar-refractivity contribution < 1.29 is 14.4 Å². The normalized spacial score (nSPS) is 11.8. The molecule has 0 aliphatic carbocycles. The van der Waals surface area contributed by atoms with Gasteiger partial charge in [0.15, 0.2) is 0 Å². The summed E-state index contributed by atoms with van der Waals surface area (Å²) in [5.74, 6) is -0.386. The summed E-state index contributed by atoms with van der Waals surface area (Å²) in [6, 6.07) is 26.9. The predicted octanol–water partition coefficient (Wildman–Crippen LogP) is 6.38. The lowest BCUT2D eigenvalue weighted by atomic mass is 10.0. The van der Waals surface area contributed by atoms with E-state index in [0.717, 1.165) is 52.4 Å². The number of aromatic nitrogens is 2. The van der Waals surface area contributed by atoms with Gasteiger partial charge in [0, 0.05) is 41.1 Å². The van der Waals surface area contributed by atoms with Crippen molar-refractivity contribution >= 4 is 39.4 Å². The van der Waals surface area contributed by atoms with Gasteiger partial charge in [0.25, 0.3) is 5.91 Å². The highest BCUT2D eigenvalue weighted by molar-refractivity contribution is 6.06. The number of benzene rings is 3. The molecule has 2 aromatic heterocycles. The van der Waals surface area contributed by atoms with E-state index in [1.807, 2.05) is 54.6 Å². The highest BCUT2D eigenvalue weighted by Crippen LogP contribution is 2.30. The van der Waals surface area contributed by atoms with Gasteiger partial charge in [-0.15, -0.1) is 0 Å². The molecule has 0 unspecified atom stereocenters. The smallest absolute Gasteiger partial charge is 0.254 e. The van der Waals surface area contributed by atoms with Crippen LogP contribution < -0.4 is 10.6 Å². The molecule has 0 saturated heterocycles. The number of pyridine rings is 1. The van der Waals surface area contributed by atoms with Crippen LogP contribution in [0.15, 0.2) is 91.1 Å². The number of carbonyl (C=O) groups excluding carboxylic acids is 3. The van der Waals surface area contributed by atoms with Gasteiger partial charge in [-0.05, 0) is 55.5 Å². The Kier molecular flexibility index (Phi) is 9.39. The molecule has 0 radical (unpaired) electrons.